The Morgan fingerprint density at radius 3 is 2.52 bits per heavy atom. The zero-order chi connectivity index (χ0) is 15.7. The normalized spacial score (nSPS) is 32.7. The number of hydrogen-bond acceptors (Lipinski definition) is 6. The van der Waals surface area contributed by atoms with E-state index in [0.29, 0.717) is 5.56 Å². The van der Waals surface area contributed by atoms with Crippen molar-refractivity contribution in [2.24, 2.45) is 5.73 Å². The smallest absolute Gasteiger partial charge is 0.252 e. The summed E-state index contributed by atoms with van der Waals surface area (Å²) >= 11 is 0. The lowest BCUT2D eigenvalue weighted by atomic mass is 10.00. The van der Waals surface area contributed by atoms with Crippen LogP contribution in [0, 0.1) is 6.92 Å². The maximum absolute atomic E-state index is 11.5. The van der Waals surface area contributed by atoms with Crippen LogP contribution in [0.25, 0.3) is 0 Å². The van der Waals surface area contributed by atoms with E-state index in [9.17, 15) is 20.1 Å². The molecule has 0 unspecified atom stereocenters. The van der Waals surface area contributed by atoms with E-state index < -0.39 is 36.6 Å². The lowest BCUT2D eigenvalue weighted by Crippen LogP contribution is -2.58. The van der Waals surface area contributed by atoms with Crippen molar-refractivity contribution in [1.82, 2.24) is 0 Å². The Kier molecular flexibility index (Phi) is 4.48. The molecular weight excluding hydrogens is 278 g/mol. The maximum atomic E-state index is 11.5. The Morgan fingerprint density at radius 2 is 1.90 bits per heavy atom. The predicted octanol–water partition coefficient (Wildman–Crippen LogP) is -0.700. The number of benzene rings is 1. The Labute approximate surface area is 121 Å². The number of aliphatic hydroxyl groups excluding tert-OH is 3. The fourth-order valence-corrected chi connectivity index (χ4v) is 2.29. The van der Waals surface area contributed by atoms with Crippen molar-refractivity contribution in [3.8, 4) is 5.75 Å². The Balaban J connectivity index is 2.26. The highest BCUT2D eigenvalue weighted by Crippen LogP contribution is 2.27. The van der Waals surface area contributed by atoms with Gasteiger partial charge >= 0.3 is 0 Å². The van der Waals surface area contributed by atoms with Gasteiger partial charge in [-0.15, -0.1) is 0 Å². The molecule has 7 heteroatoms. The van der Waals surface area contributed by atoms with Crippen LogP contribution < -0.4 is 10.5 Å². The first-order valence-corrected chi connectivity index (χ1v) is 6.58. The average Bonchev–Trinajstić information content (AvgIpc) is 2.42. The fourth-order valence-electron chi connectivity index (χ4n) is 2.29. The summed E-state index contributed by atoms with van der Waals surface area (Å²) in [5.41, 5.74) is 6.13. The van der Waals surface area contributed by atoms with Gasteiger partial charge in [0.2, 0.25) is 6.29 Å². The van der Waals surface area contributed by atoms with Gasteiger partial charge in [0, 0.05) is 0 Å². The van der Waals surface area contributed by atoms with Crippen LogP contribution >= 0.6 is 0 Å². The molecule has 1 aromatic carbocycles. The van der Waals surface area contributed by atoms with Crippen LogP contribution in [-0.4, -0.2) is 51.9 Å². The van der Waals surface area contributed by atoms with Crippen LogP contribution in [0.3, 0.4) is 0 Å². The minimum atomic E-state index is -1.45. The molecule has 1 saturated heterocycles. The summed E-state index contributed by atoms with van der Waals surface area (Å²) in [6.07, 6.45) is -6.00. The zero-order valence-electron chi connectivity index (χ0n) is 11.8. The van der Waals surface area contributed by atoms with Gasteiger partial charge in [0.05, 0.1) is 11.7 Å². The number of aliphatic hydroxyl groups is 3. The Morgan fingerprint density at radius 1 is 1.24 bits per heavy atom. The minimum absolute atomic E-state index is 0.155. The minimum Gasteiger partial charge on any atom is -0.461 e. The van der Waals surface area contributed by atoms with Gasteiger partial charge in [-0.3, -0.25) is 4.79 Å². The van der Waals surface area contributed by atoms with Gasteiger partial charge in [0.1, 0.15) is 24.1 Å². The van der Waals surface area contributed by atoms with Gasteiger partial charge in [-0.1, -0.05) is 12.1 Å². The molecule has 0 aliphatic carbocycles. The molecule has 1 amide bonds. The molecule has 1 aliphatic rings. The van der Waals surface area contributed by atoms with E-state index in [-0.39, 0.29) is 11.3 Å². The quantitative estimate of drug-likeness (QED) is 0.585. The maximum Gasteiger partial charge on any atom is 0.252 e. The van der Waals surface area contributed by atoms with Gasteiger partial charge in [-0.05, 0) is 25.5 Å². The summed E-state index contributed by atoms with van der Waals surface area (Å²) in [6.45, 7) is 3.24. The lowest BCUT2D eigenvalue weighted by Gasteiger charge is -2.39. The van der Waals surface area contributed by atoms with Crippen LogP contribution in [0.4, 0.5) is 0 Å². The molecule has 1 fully saturated rings. The van der Waals surface area contributed by atoms with Crippen molar-refractivity contribution in [2.45, 2.75) is 44.6 Å². The molecule has 1 aliphatic heterocycles. The number of ether oxygens (including phenoxy) is 2. The second kappa shape index (κ2) is 5.98. The SMILES string of the molecule is Cc1cccc(O[C@H]2O[C@H](C)[C@@H](O)[C@H](O)[C@@H]2O)c1C(N)=O. The number of aryl methyl sites for hydroxylation is 1. The van der Waals surface area contributed by atoms with E-state index in [1.54, 1.807) is 26.0 Å². The largest absolute Gasteiger partial charge is 0.461 e. The molecule has 21 heavy (non-hydrogen) atoms. The number of rotatable bonds is 3. The lowest BCUT2D eigenvalue weighted by molar-refractivity contribution is -0.268. The number of primary amides is 1. The van der Waals surface area contributed by atoms with Gasteiger partial charge in [-0.2, -0.15) is 0 Å². The average molecular weight is 297 g/mol. The summed E-state index contributed by atoms with van der Waals surface area (Å²) in [4.78, 5) is 11.5. The van der Waals surface area contributed by atoms with Crippen LogP contribution in [-0.2, 0) is 4.74 Å². The van der Waals surface area contributed by atoms with Crippen molar-refractivity contribution < 1.29 is 29.6 Å². The highest BCUT2D eigenvalue weighted by molar-refractivity contribution is 5.97. The summed E-state index contributed by atoms with van der Waals surface area (Å²) in [5, 5.41) is 29.3. The molecule has 2 rings (SSSR count). The summed E-state index contributed by atoms with van der Waals surface area (Å²) in [7, 11) is 0. The van der Waals surface area contributed by atoms with Crippen LogP contribution in [0.1, 0.15) is 22.8 Å². The molecule has 1 aromatic rings. The monoisotopic (exact) mass is 297 g/mol. The van der Waals surface area contributed by atoms with Crippen molar-refractivity contribution in [3.05, 3.63) is 29.3 Å². The molecule has 0 saturated carbocycles. The van der Waals surface area contributed by atoms with Crippen molar-refractivity contribution in [2.75, 3.05) is 0 Å². The fraction of sp³-hybridized carbons (Fsp3) is 0.500. The zero-order valence-corrected chi connectivity index (χ0v) is 11.8. The standard InChI is InChI=1S/C14H19NO6/c1-6-4-3-5-8(9(6)13(15)19)21-14-12(18)11(17)10(16)7(2)20-14/h3-5,7,10-12,14,16-18H,1-2H3,(H2,15,19)/t7-,10-,11+,12+,14-/m1/s1. The third-order valence-corrected chi connectivity index (χ3v) is 3.53. The van der Waals surface area contributed by atoms with Crippen LogP contribution in [0.15, 0.2) is 18.2 Å². The molecule has 7 nitrogen and oxygen atoms in total. The van der Waals surface area contributed by atoms with Crippen molar-refractivity contribution in [1.29, 1.82) is 0 Å². The number of carbonyl (C=O) groups excluding carboxylic acids is 1. The Bertz CT molecular complexity index is 534. The topological polar surface area (TPSA) is 122 Å². The molecule has 5 atom stereocenters. The van der Waals surface area contributed by atoms with E-state index >= 15 is 0 Å². The third-order valence-electron chi connectivity index (χ3n) is 3.53. The van der Waals surface area contributed by atoms with Crippen LogP contribution in [0.5, 0.6) is 5.75 Å². The first-order chi connectivity index (χ1) is 9.82. The van der Waals surface area contributed by atoms with Crippen LogP contribution in [0.2, 0.25) is 0 Å². The summed E-state index contributed by atoms with van der Waals surface area (Å²) < 4.78 is 10.8. The van der Waals surface area contributed by atoms with Gasteiger partial charge < -0.3 is 30.5 Å². The molecule has 116 valence electrons. The number of amides is 1. The second-order valence-corrected chi connectivity index (χ2v) is 5.11. The number of hydrogen-bond donors (Lipinski definition) is 4. The molecule has 0 aromatic heterocycles. The number of carbonyl (C=O) groups is 1. The van der Waals surface area contributed by atoms with E-state index in [0.717, 1.165) is 0 Å². The second-order valence-electron chi connectivity index (χ2n) is 5.11. The van der Waals surface area contributed by atoms with E-state index in [2.05, 4.69) is 0 Å². The predicted molar refractivity (Wildman–Crippen MR) is 72.7 cm³/mol. The number of nitrogens with two attached hydrogens (primary N) is 1. The highest BCUT2D eigenvalue weighted by Gasteiger charge is 2.43. The molecule has 0 spiro atoms. The molecule has 0 radical (unpaired) electrons. The summed E-state index contributed by atoms with van der Waals surface area (Å²) in [6, 6.07) is 4.89. The summed E-state index contributed by atoms with van der Waals surface area (Å²) in [5.74, 6) is -0.510. The van der Waals surface area contributed by atoms with Gasteiger partial charge in [0.15, 0.2) is 0 Å². The third kappa shape index (κ3) is 3.01. The van der Waals surface area contributed by atoms with E-state index in [1.165, 1.54) is 6.07 Å². The highest BCUT2D eigenvalue weighted by atomic mass is 16.7. The van der Waals surface area contributed by atoms with E-state index in [1.807, 2.05) is 0 Å². The molecule has 1 heterocycles. The van der Waals surface area contributed by atoms with Gasteiger partial charge in [-0.25, -0.2) is 0 Å². The molecule has 0 bridgehead atoms. The van der Waals surface area contributed by atoms with Gasteiger partial charge in [0.25, 0.3) is 5.91 Å². The first-order valence-electron chi connectivity index (χ1n) is 6.58. The van der Waals surface area contributed by atoms with E-state index in [4.69, 9.17) is 15.2 Å². The van der Waals surface area contributed by atoms with Crippen molar-refractivity contribution in [3.63, 3.8) is 0 Å². The molecule has 5 N–H and O–H groups in total. The Hall–Kier alpha value is -1.67. The first kappa shape index (κ1) is 15.7. The molecular formula is C14H19NO6. The van der Waals surface area contributed by atoms with Crippen molar-refractivity contribution >= 4 is 5.91 Å².